The Morgan fingerprint density at radius 1 is 1.36 bits per heavy atom. The van der Waals surface area contributed by atoms with Crippen LogP contribution in [0.4, 0.5) is 10.3 Å². The van der Waals surface area contributed by atoms with Crippen molar-refractivity contribution in [1.29, 1.82) is 0 Å². The molecule has 0 fully saturated rings. The van der Waals surface area contributed by atoms with E-state index in [0.29, 0.717) is 17.2 Å². The standard InChI is InChI=1S/C10H10FN3/c1-6-9(14-10(12)13-6)7-4-2-3-5-8(7)11/h2-5H,1H3,(H3,12,13,14). The maximum atomic E-state index is 13.4. The smallest absolute Gasteiger partial charge is 0.198 e. The summed E-state index contributed by atoms with van der Waals surface area (Å²) in [6.45, 7) is 1.81. The summed E-state index contributed by atoms with van der Waals surface area (Å²) in [7, 11) is 0. The van der Waals surface area contributed by atoms with Gasteiger partial charge < -0.3 is 10.7 Å². The lowest BCUT2D eigenvalue weighted by Crippen LogP contribution is -1.87. The molecular formula is C10H10FN3. The summed E-state index contributed by atoms with van der Waals surface area (Å²) in [6.07, 6.45) is 0. The number of hydrogen-bond donors (Lipinski definition) is 2. The maximum Gasteiger partial charge on any atom is 0.198 e. The Morgan fingerprint density at radius 3 is 2.64 bits per heavy atom. The molecule has 2 aromatic rings. The lowest BCUT2D eigenvalue weighted by atomic mass is 10.1. The monoisotopic (exact) mass is 191 g/mol. The number of nitrogens with one attached hydrogen (secondary N) is 1. The molecule has 0 aliphatic heterocycles. The Kier molecular flexibility index (Phi) is 1.96. The third-order valence-corrected chi connectivity index (χ3v) is 2.03. The molecule has 1 heterocycles. The van der Waals surface area contributed by atoms with Crippen molar-refractivity contribution in [2.24, 2.45) is 0 Å². The van der Waals surface area contributed by atoms with Gasteiger partial charge in [-0.2, -0.15) is 0 Å². The van der Waals surface area contributed by atoms with Crippen molar-refractivity contribution in [3.63, 3.8) is 0 Å². The first-order valence-corrected chi connectivity index (χ1v) is 4.25. The van der Waals surface area contributed by atoms with Gasteiger partial charge in [0.25, 0.3) is 0 Å². The van der Waals surface area contributed by atoms with E-state index in [-0.39, 0.29) is 5.82 Å². The number of imidazole rings is 1. The van der Waals surface area contributed by atoms with Crippen LogP contribution in [0.25, 0.3) is 11.3 Å². The Bertz CT molecular complexity index is 462. The SMILES string of the molecule is Cc1[nH]c(N)nc1-c1ccccc1F. The van der Waals surface area contributed by atoms with Crippen LogP contribution in [0.3, 0.4) is 0 Å². The van der Waals surface area contributed by atoms with Gasteiger partial charge in [0.2, 0.25) is 0 Å². The van der Waals surface area contributed by atoms with Crippen molar-refractivity contribution in [3.05, 3.63) is 35.8 Å². The summed E-state index contributed by atoms with van der Waals surface area (Å²) in [6, 6.07) is 6.49. The van der Waals surface area contributed by atoms with E-state index in [1.807, 2.05) is 6.92 Å². The van der Waals surface area contributed by atoms with E-state index in [1.165, 1.54) is 6.07 Å². The van der Waals surface area contributed by atoms with Crippen LogP contribution in [-0.2, 0) is 0 Å². The summed E-state index contributed by atoms with van der Waals surface area (Å²) in [4.78, 5) is 6.86. The van der Waals surface area contributed by atoms with Gasteiger partial charge in [0.15, 0.2) is 5.95 Å². The third-order valence-electron chi connectivity index (χ3n) is 2.03. The fourth-order valence-electron chi connectivity index (χ4n) is 1.40. The average molecular weight is 191 g/mol. The van der Waals surface area contributed by atoms with Gasteiger partial charge in [-0.05, 0) is 19.1 Å². The summed E-state index contributed by atoms with van der Waals surface area (Å²) in [5, 5.41) is 0. The van der Waals surface area contributed by atoms with Gasteiger partial charge in [0, 0.05) is 11.3 Å². The molecule has 0 spiro atoms. The number of halogens is 1. The highest BCUT2D eigenvalue weighted by Gasteiger charge is 2.10. The van der Waals surface area contributed by atoms with E-state index in [2.05, 4.69) is 9.97 Å². The number of nitrogen functional groups attached to an aromatic ring is 1. The minimum Gasteiger partial charge on any atom is -0.369 e. The topological polar surface area (TPSA) is 54.7 Å². The number of aromatic nitrogens is 2. The molecule has 0 aliphatic rings. The number of H-pyrrole nitrogens is 1. The average Bonchev–Trinajstić information content (AvgIpc) is 2.46. The molecule has 1 aromatic carbocycles. The Labute approximate surface area is 80.8 Å². The molecule has 0 bridgehead atoms. The second-order valence-corrected chi connectivity index (χ2v) is 3.08. The van der Waals surface area contributed by atoms with E-state index >= 15 is 0 Å². The number of nitrogens with zero attached hydrogens (tertiary/aromatic N) is 1. The molecule has 0 atom stereocenters. The first kappa shape index (κ1) is 8.74. The molecule has 3 nitrogen and oxygen atoms in total. The van der Waals surface area contributed by atoms with E-state index < -0.39 is 0 Å². The maximum absolute atomic E-state index is 13.4. The molecule has 3 N–H and O–H groups in total. The van der Waals surface area contributed by atoms with Crippen molar-refractivity contribution < 1.29 is 4.39 Å². The zero-order valence-electron chi connectivity index (χ0n) is 7.71. The van der Waals surface area contributed by atoms with Crippen LogP contribution in [0.5, 0.6) is 0 Å². The second kappa shape index (κ2) is 3.14. The fraction of sp³-hybridized carbons (Fsp3) is 0.100. The van der Waals surface area contributed by atoms with Crippen LogP contribution in [0.15, 0.2) is 24.3 Å². The number of rotatable bonds is 1. The number of aromatic amines is 1. The fourth-order valence-corrected chi connectivity index (χ4v) is 1.40. The van der Waals surface area contributed by atoms with Crippen LogP contribution in [-0.4, -0.2) is 9.97 Å². The van der Waals surface area contributed by atoms with Gasteiger partial charge >= 0.3 is 0 Å². The molecule has 14 heavy (non-hydrogen) atoms. The lowest BCUT2D eigenvalue weighted by molar-refractivity contribution is 0.630. The van der Waals surface area contributed by atoms with Gasteiger partial charge in [-0.3, -0.25) is 0 Å². The third kappa shape index (κ3) is 1.35. The predicted octanol–water partition coefficient (Wildman–Crippen LogP) is 2.11. The van der Waals surface area contributed by atoms with Crippen molar-refractivity contribution >= 4 is 5.95 Å². The largest absolute Gasteiger partial charge is 0.369 e. The van der Waals surface area contributed by atoms with Crippen molar-refractivity contribution in [2.45, 2.75) is 6.92 Å². The van der Waals surface area contributed by atoms with Gasteiger partial charge in [0.1, 0.15) is 5.82 Å². The molecule has 72 valence electrons. The van der Waals surface area contributed by atoms with Crippen LogP contribution >= 0.6 is 0 Å². The van der Waals surface area contributed by atoms with Gasteiger partial charge in [-0.1, -0.05) is 12.1 Å². The molecule has 1 aromatic heterocycles. The summed E-state index contributed by atoms with van der Waals surface area (Å²) < 4.78 is 13.4. The van der Waals surface area contributed by atoms with E-state index in [9.17, 15) is 4.39 Å². The Morgan fingerprint density at radius 2 is 2.07 bits per heavy atom. The molecule has 0 saturated heterocycles. The number of benzene rings is 1. The highest BCUT2D eigenvalue weighted by Crippen LogP contribution is 2.24. The minimum absolute atomic E-state index is 0.290. The van der Waals surface area contributed by atoms with Crippen LogP contribution < -0.4 is 5.73 Å². The van der Waals surface area contributed by atoms with Crippen LogP contribution in [0, 0.1) is 12.7 Å². The first-order valence-electron chi connectivity index (χ1n) is 4.25. The number of aryl methyl sites for hydroxylation is 1. The van der Waals surface area contributed by atoms with Gasteiger partial charge in [-0.25, -0.2) is 9.37 Å². The van der Waals surface area contributed by atoms with E-state index in [0.717, 1.165) is 5.69 Å². The Balaban J connectivity index is 2.60. The minimum atomic E-state index is -0.290. The molecule has 0 saturated carbocycles. The van der Waals surface area contributed by atoms with Crippen molar-refractivity contribution in [3.8, 4) is 11.3 Å². The molecule has 2 rings (SSSR count). The second-order valence-electron chi connectivity index (χ2n) is 3.08. The predicted molar refractivity (Wildman–Crippen MR) is 53.1 cm³/mol. The zero-order chi connectivity index (χ0) is 10.1. The quantitative estimate of drug-likeness (QED) is 0.725. The van der Waals surface area contributed by atoms with E-state index in [4.69, 9.17) is 5.73 Å². The van der Waals surface area contributed by atoms with Crippen molar-refractivity contribution in [2.75, 3.05) is 5.73 Å². The van der Waals surface area contributed by atoms with Crippen molar-refractivity contribution in [1.82, 2.24) is 9.97 Å². The normalized spacial score (nSPS) is 10.4. The molecule has 0 aliphatic carbocycles. The summed E-state index contributed by atoms with van der Waals surface area (Å²) >= 11 is 0. The van der Waals surface area contributed by atoms with Crippen LogP contribution in [0.1, 0.15) is 5.69 Å². The summed E-state index contributed by atoms with van der Waals surface area (Å²) in [5.41, 5.74) is 7.29. The highest BCUT2D eigenvalue weighted by molar-refractivity contribution is 5.63. The zero-order valence-corrected chi connectivity index (χ0v) is 7.71. The van der Waals surface area contributed by atoms with Gasteiger partial charge in [-0.15, -0.1) is 0 Å². The Hall–Kier alpha value is -1.84. The summed E-state index contributed by atoms with van der Waals surface area (Å²) in [5.74, 6) is 0.0165. The van der Waals surface area contributed by atoms with E-state index in [1.54, 1.807) is 18.2 Å². The molecule has 0 amide bonds. The molecule has 4 heteroatoms. The number of nitrogens with two attached hydrogens (primary N) is 1. The first-order chi connectivity index (χ1) is 6.68. The molecule has 0 unspecified atom stereocenters. The van der Waals surface area contributed by atoms with Gasteiger partial charge in [0.05, 0.1) is 5.69 Å². The highest BCUT2D eigenvalue weighted by atomic mass is 19.1. The number of hydrogen-bond acceptors (Lipinski definition) is 2. The molecule has 0 radical (unpaired) electrons. The van der Waals surface area contributed by atoms with Crippen LogP contribution in [0.2, 0.25) is 0 Å². The lowest BCUT2D eigenvalue weighted by Gasteiger charge is -1.99. The number of anilines is 1. The molecular weight excluding hydrogens is 181 g/mol.